The third-order valence-electron chi connectivity index (χ3n) is 4.63. The third-order valence-corrected chi connectivity index (χ3v) is 4.63. The molecular formula is C21H23F3N4O4. The standard InChI is InChI=1S/C21H23F3N4O4/c1-4-6-19(29)26-17-8-5-7-16(12(17)2)25-13(3)20(30)27-18-10-9-14(28(31)32)11-15(18)21(22,23)24/h5,7-11,13,25H,4,6H2,1-3H3,(H,26,29)(H,27,30). The summed E-state index contributed by atoms with van der Waals surface area (Å²) in [6, 6.07) is 6.19. The van der Waals surface area contributed by atoms with Gasteiger partial charge in [0.25, 0.3) is 5.69 Å². The molecule has 0 fully saturated rings. The second-order valence-corrected chi connectivity index (χ2v) is 7.12. The lowest BCUT2D eigenvalue weighted by Crippen LogP contribution is -2.33. The van der Waals surface area contributed by atoms with E-state index >= 15 is 0 Å². The van der Waals surface area contributed by atoms with Crippen molar-refractivity contribution in [2.45, 2.75) is 45.8 Å². The molecule has 2 rings (SSSR count). The normalized spacial score (nSPS) is 12.1. The van der Waals surface area contributed by atoms with Gasteiger partial charge < -0.3 is 16.0 Å². The van der Waals surface area contributed by atoms with Crippen molar-refractivity contribution in [3.8, 4) is 0 Å². The second-order valence-electron chi connectivity index (χ2n) is 7.12. The number of benzene rings is 2. The Kier molecular flexibility index (Phi) is 7.79. The number of amides is 2. The van der Waals surface area contributed by atoms with Gasteiger partial charge in [-0.25, -0.2) is 0 Å². The number of hydrogen-bond acceptors (Lipinski definition) is 5. The minimum Gasteiger partial charge on any atom is -0.374 e. The van der Waals surface area contributed by atoms with Gasteiger partial charge in [0.1, 0.15) is 6.04 Å². The van der Waals surface area contributed by atoms with E-state index in [9.17, 15) is 32.9 Å². The van der Waals surface area contributed by atoms with E-state index in [4.69, 9.17) is 0 Å². The van der Waals surface area contributed by atoms with E-state index in [1.165, 1.54) is 6.92 Å². The van der Waals surface area contributed by atoms with E-state index in [0.29, 0.717) is 35.8 Å². The maximum atomic E-state index is 13.3. The summed E-state index contributed by atoms with van der Waals surface area (Å²) in [7, 11) is 0. The monoisotopic (exact) mass is 452 g/mol. The molecule has 172 valence electrons. The van der Waals surface area contributed by atoms with Crippen LogP contribution in [-0.4, -0.2) is 22.8 Å². The SMILES string of the molecule is CCCC(=O)Nc1cccc(NC(C)C(=O)Nc2ccc([N+](=O)[O-])cc2C(F)(F)F)c1C. The van der Waals surface area contributed by atoms with Gasteiger partial charge in [0.15, 0.2) is 0 Å². The number of halogens is 3. The summed E-state index contributed by atoms with van der Waals surface area (Å²) in [5.41, 5.74) is -0.914. The molecule has 0 heterocycles. The molecule has 0 saturated carbocycles. The predicted octanol–water partition coefficient (Wildman–Crippen LogP) is 5.10. The van der Waals surface area contributed by atoms with Crippen molar-refractivity contribution in [1.82, 2.24) is 0 Å². The highest BCUT2D eigenvalue weighted by atomic mass is 19.4. The van der Waals surface area contributed by atoms with Gasteiger partial charge >= 0.3 is 6.18 Å². The maximum Gasteiger partial charge on any atom is 0.418 e. The van der Waals surface area contributed by atoms with Crippen molar-refractivity contribution in [2.75, 3.05) is 16.0 Å². The molecule has 8 nitrogen and oxygen atoms in total. The van der Waals surface area contributed by atoms with Gasteiger partial charge in [-0.1, -0.05) is 13.0 Å². The minimum atomic E-state index is -4.90. The number of alkyl halides is 3. The number of non-ortho nitro benzene ring substituents is 1. The van der Waals surface area contributed by atoms with Crippen molar-refractivity contribution < 1.29 is 27.7 Å². The van der Waals surface area contributed by atoms with Gasteiger partial charge in [0.2, 0.25) is 11.8 Å². The first kappa shape index (κ1) is 24.6. The number of nitro benzene ring substituents is 1. The Morgan fingerprint density at radius 3 is 2.34 bits per heavy atom. The van der Waals surface area contributed by atoms with Crippen molar-refractivity contribution in [2.24, 2.45) is 0 Å². The highest BCUT2D eigenvalue weighted by Gasteiger charge is 2.36. The molecular weight excluding hydrogens is 429 g/mol. The number of hydrogen-bond donors (Lipinski definition) is 3. The second kappa shape index (κ2) is 10.1. The minimum absolute atomic E-state index is 0.156. The van der Waals surface area contributed by atoms with Crippen molar-refractivity contribution in [3.05, 3.63) is 57.6 Å². The van der Waals surface area contributed by atoms with Gasteiger partial charge in [-0.05, 0) is 44.0 Å². The van der Waals surface area contributed by atoms with Crippen molar-refractivity contribution >= 4 is 34.6 Å². The third kappa shape index (κ3) is 6.19. The lowest BCUT2D eigenvalue weighted by molar-refractivity contribution is -0.385. The molecule has 2 amide bonds. The topological polar surface area (TPSA) is 113 Å². The quantitative estimate of drug-likeness (QED) is 0.381. The predicted molar refractivity (Wildman–Crippen MR) is 115 cm³/mol. The van der Waals surface area contributed by atoms with Crippen LogP contribution in [0.1, 0.15) is 37.8 Å². The zero-order chi connectivity index (χ0) is 24.1. The fourth-order valence-corrected chi connectivity index (χ4v) is 2.90. The summed E-state index contributed by atoms with van der Waals surface area (Å²) in [5, 5.41) is 18.7. The molecule has 1 unspecified atom stereocenters. The Morgan fingerprint density at radius 1 is 1.09 bits per heavy atom. The molecule has 11 heteroatoms. The van der Waals surface area contributed by atoms with E-state index in [2.05, 4.69) is 16.0 Å². The Hall–Kier alpha value is -3.63. The molecule has 0 spiro atoms. The smallest absolute Gasteiger partial charge is 0.374 e. The summed E-state index contributed by atoms with van der Waals surface area (Å²) in [6.07, 6.45) is -3.86. The summed E-state index contributed by atoms with van der Waals surface area (Å²) in [4.78, 5) is 34.2. The van der Waals surface area contributed by atoms with Crippen LogP contribution < -0.4 is 16.0 Å². The molecule has 0 saturated heterocycles. The van der Waals surface area contributed by atoms with E-state index < -0.39 is 40.0 Å². The summed E-state index contributed by atoms with van der Waals surface area (Å²) < 4.78 is 40.0. The number of anilines is 3. The Labute approximate surface area is 182 Å². The summed E-state index contributed by atoms with van der Waals surface area (Å²) in [5.74, 6) is -0.930. The zero-order valence-corrected chi connectivity index (χ0v) is 17.7. The van der Waals surface area contributed by atoms with E-state index in [-0.39, 0.29) is 5.91 Å². The van der Waals surface area contributed by atoms with Crippen LogP contribution in [0.3, 0.4) is 0 Å². The van der Waals surface area contributed by atoms with E-state index in [1.807, 2.05) is 6.92 Å². The fraction of sp³-hybridized carbons (Fsp3) is 0.333. The first-order chi connectivity index (χ1) is 14.9. The van der Waals surface area contributed by atoms with Gasteiger partial charge in [-0.3, -0.25) is 19.7 Å². The van der Waals surface area contributed by atoms with Crippen LogP contribution in [0.2, 0.25) is 0 Å². The molecule has 3 N–H and O–H groups in total. The Bertz CT molecular complexity index is 1020. The van der Waals surface area contributed by atoms with Gasteiger partial charge in [0, 0.05) is 29.9 Å². The van der Waals surface area contributed by atoms with Gasteiger partial charge in [0.05, 0.1) is 16.2 Å². The van der Waals surface area contributed by atoms with Crippen LogP contribution in [0.15, 0.2) is 36.4 Å². The molecule has 1 atom stereocenters. The lowest BCUT2D eigenvalue weighted by Gasteiger charge is -2.20. The molecule has 0 aliphatic heterocycles. The van der Waals surface area contributed by atoms with Crippen LogP contribution in [0.4, 0.5) is 35.9 Å². The summed E-state index contributed by atoms with van der Waals surface area (Å²) in [6.45, 7) is 5.06. The summed E-state index contributed by atoms with van der Waals surface area (Å²) >= 11 is 0. The van der Waals surface area contributed by atoms with Gasteiger partial charge in [-0.15, -0.1) is 0 Å². The molecule has 32 heavy (non-hydrogen) atoms. The average Bonchev–Trinajstić information content (AvgIpc) is 2.70. The molecule has 0 bridgehead atoms. The highest BCUT2D eigenvalue weighted by molar-refractivity contribution is 5.97. The number of rotatable bonds is 8. The van der Waals surface area contributed by atoms with Crippen molar-refractivity contribution in [3.63, 3.8) is 0 Å². The molecule has 2 aromatic carbocycles. The largest absolute Gasteiger partial charge is 0.418 e. The van der Waals surface area contributed by atoms with Crippen LogP contribution in [0.25, 0.3) is 0 Å². The number of nitrogens with one attached hydrogen (secondary N) is 3. The first-order valence-corrected chi connectivity index (χ1v) is 9.76. The van der Waals surface area contributed by atoms with Gasteiger partial charge in [-0.2, -0.15) is 13.2 Å². The Morgan fingerprint density at radius 2 is 1.75 bits per heavy atom. The lowest BCUT2D eigenvalue weighted by atomic mass is 10.1. The van der Waals surface area contributed by atoms with E-state index in [0.717, 1.165) is 12.1 Å². The fourth-order valence-electron chi connectivity index (χ4n) is 2.90. The number of carbonyl (C=O) groups excluding carboxylic acids is 2. The molecule has 0 aliphatic rings. The first-order valence-electron chi connectivity index (χ1n) is 9.76. The van der Waals surface area contributed by atoms with Crippen LogP contribution in [0, 0.1) is 17.0 Å². The van der Waals surface area contributed by atoms with Crippen LogP contribution in [0.5, 0.6) is 0 Å². The highest BCUT2D eigenvalue weighted by Crippen LogP contribution is 2.37. The molecule has 0 aliphatic carbocycles. The van der Waals surface area contributed by atoms with Crippen LogP contribution in [-0.2, 0) is 15.8 Å². The zero-order valence-electron chi connectivity index (χ0n) is 17.7. The van der Waals surface area contributed by atoms with Crippen LogP contribution >= 0.6 is 0 Å². The Balaban J connectivity index is 2.19. The van der Waals surface area contributed by atoms with E-state index in [1.54, 1.807) is 25.1 Å². The molecule has 0 radical (unpaired) electrons. The number of nitro groups is 1. The number of carbonyl (C=O) groups is 2. The maximum absolute atomic E-state index is 13.3. The average molecular weight is 452 g/mol. The molecule has 0 aromatic heterocycles. The number of nitrogens with zero attached hydrogens (tertiary/aromatic N) is 1. The van der Waals surface area contributed by atoms with Crippen molar-refractivity contribution in [1.29, 1.82) is 0 Å². The molecule has 2 aromatic rings.